The molecular weight excluding hydrogens is 234 g/mol. The van der Waals surface area contributed by atoms with Gasteiger partial charge in [0.25, 0.3) is 0 Å². The Labute approximate surface area is 109 Å². The van der Waals surface area contributed by atoms with Crippen molar-refractivity contribution in [2.45, 2.75) is 32.7 Å². The summed E-state index contributed by atoms with van der Waals surface area (Å²) in [6.45, 7) is 6.03. The molecule has 17 heavy (non-hydrogen) atoms. The Morgan fingerprint density at radius 3 is 2.82 bits per heavy atom. The molecule has 0 aliphatic carbocycles. The third-order valence-corrected chi connectivity index (χ3v) is 3.14. The van der Waals surface area contributed by atoms with Gasteiger partial charge in [-0.15, -0.1) is 0 Å². The lowest BCUT2D eigenvalue weighted by Gasteiger charge is -2.20. The van der Waals surface area contributed by atoms with Crippen molar-refractivity contribution in [2.24, 2.45) is 0 Å². The van der Waals surface area contributed by atoms with Crippen LogP contribution in [0.5, 0.6) is 0 Å². The molecule has 0 fully saturated rings. The number of ether oxygens (including phenoxy) is 1. The molecule has 0 spiro atoms. The van der Waals surface area contributed by atoms with Crippen LogP contribution >= 0.6 is 11.6 Å². The van der Waals surface area contributed by atoms with E-state index in [1.54, 1.807) is 7.11 Å². The van der Waals surface area contributed by atoms with Crippen molar-refractivity contribution in [3.63, 3.8) is 0 Å². The Bertz CT molecular complexity index is 341. The molecular formula is C14H22ClNO. The van der Waals surface area contributed by atoms with Gasteiger partial charge in [-0.1, -0.05) is 24.6 Å². The third-order valence-electron chi connectivity index (χ3n) is 2.91. The van der Waals surface area contributed by atoms with Crippen LogP contribution < -0.4 is 5.32 Å². The Kier molecular flexibility index (Phi) is 6.56. The normalized spacial score (nSPS) is 12.7. The highest BCUT2D eigenvalue weighted by molar-refractivity contribution is 6.30. The first-order valence-electron chi connectivity index (χ1n) is 6.17. The molecule has 1 aromatic carbocycles. The lowest BCUT2D eigenvalue weighted by Crippen LogP contribution is -2.22. The minimum atomic E-state index is 0.369. The molecule has 0 bridgehead atoms. The molecule has 2 nitrogen and oxygen atoms in total. The van der Waals surface area contributed by atoms with E-state index >= 15 is 0 Å². The van der Waals surface area contributed by atoms with Crippen LogP contribution in [-0.4, -0.2) is 20.3 Å². The highest BCUT2D eigenvalue weighted by Gasteiger charge is 2.12. The Balaban J connectivity index is 2.77. The summed E-state index contributed by atoms with van der Waals surface area (Å²) < 4.78 is 5.11. The molecule has 1 rings (SSSR count). The van der Waals surface area contributed by atoms with E-state index in [0.717, 1.165) is 31.0 Å². The molecule has 0 saturated heterocycles. The topological polar surface area (TPSA) is 21.3 Å². The molecule has 1 N–H and O–H groups in total. The molecule has 0 aliphatic rings. The summed E-state index contributed by atoms with van der Waals surface area (Å²) in [6, 6.07) is 6.46. The Morgan fingerprint density at radius 1 is 1.41 bits per heavy atom. The number of hydrogen-bond acceptors (Lipinski definition) is 2. The molecule has 3 heteroatoms. The molecule has 0 heterocycles. The van der Waals surface area contributed by atoms with Crippen LogP contribution in [0, 0.1) is 6.92 Å². The minimum Gasteiger partial charge on any atom is -0.385 e. The molecule has 1 unspecified atom stereocenters. The number of aryl methyl sites for hydroxylation is 1. The highest BCUT2D eigenvalue weighted by Crippen LogP contribution is 2.25. The fraction of sp³-hybridized carbons (Fsp3) is 0.571. The molecule has 0 saturated carbocycles. The van der Waals surface area contributed by atoms with Gasteiger partial charge in [-0.3, -0.25) is 0 Å². The predicted octanol–water partition coefficient (Wildman–Crippen LogP) is 3.73. The van der Waals surface area contributed by atoms with Crippen molar-refractivity contribution in [3.05, 3.63) is 34.3 Å². The average molecular weight is 256 g/mol. The van der Waals surface area contributed by atoms with Gasteiger partial charge in [0.1, 0.15) is 0 Å². The van der Waals surface area contributed by atoms with Crippen molar-refractivity contribution in [1.29, 1.82) is 0 Å². The zero-order chi connectivity index (χ0) is 12.7. The summed E-state index contributed by atoms with van der Waals surface area (Å²) in [4.78, 5) is 0. The molecule has 96 valence electrons. The summed E-state index contributed by atoms with van der Waals surface area (Å²) in [5, 5.41) is 4.32. The molecule has 1 aromatic rings. The fourth-order valence-electron chi connectivity index (χ4n) is 2.03. The Hall–Kier alpha value is -0.570. The van der Waals surface area contributed by atoms with Gasteiger partial charge in [-0.05, 0) is 49.6 Å². The lowest BCUT2D eigenvalue weighted by atomic mass is 9.97. The van der Waals surface area contributed by atoms with Gasteiger partial charge >= 0.3 is 0 Å². The maximum Gasteiger partial charge on any atom is 0.0462 e. The van der Waals surface area contributed by atoms with E-state index in [1.165, 1.54) is 11.1 Å². The number of hydrogen-bond donors (Lipinski definition) is 1. The molecule has 0 aromatic heterocycles. The van der Waals surface area contributed by atoms with E-state index in [2.05, 4.69) is 31.3 Å². The molecule has 0 radical (unpaired) electrons. The van der Waals surface area contributed by atoms with E-state index < -0.39 is 0 Å². The molecule has 0 amide bonds. The Morgan fingerprint density at radius 2 is 2.18 bits per heavy atom. The van der Waals surface area contributed by atoms with Crippen LogP contribution in [0.15, 0.2) is 18.2 Å². The second kappa shape index (κ2) is 7.70. The first-order chi connectivity index (χ1) is 8.19. The van der Waals surface area contributed by atoms with Gasteiger partial charge in [-0.25, -0.2) is 0 Å². The zero-order valence-electron chi connectivity index (χ0n) is 10.9. The molecule has 1 atom stereocenters. The van der Waals surface area contributed by atoms with Gasteiger partial charge in [0.15, 0.2) is 0 Å². The van der Waals surface area contributed by atoms with Gasteiger partial charge in [0, 0.05) is 24.8 Å². The van der Waals surface area contributed by atoms with Crippen LogP contribution in [0.3, 0.4) is 0 Å². The summed E-state index contributed by atoms with van der Waals surface area (Å²) in [7, 11) is 1.74. The van der Waals surface area contributed by atoms with Crippen LogP contribution in [0.1, 0.15) is 36.9 Å². The predicted molar refractivity (Wildman–Crippen MR) is 73.7 cm³/mol. The summed E-state index contributed by atoms with van der Waals surface area (Å²) in [5.41, 5.74) is 2.59. The van der Waals surface area contributed by atoms with Crippen LogP contribution in [0.4, 0.5) is 0 Å². The van der Waals surface area contributed by atoms with E-state index in [4.69, 9.17) is 16.3 Å². The highest BCUT2D eigenvalue weighted by atomic mass is 35.5. The first-order valence-corrected chi connectivity index (χ1v) is 6.55. The number of halogens is 1. The summed E-state index contributed by atoms with van der Waals surface area (Å²) >= 11 is 6.07. The molecule has 0 aliphatic heterocycles. The second-order valence-corrected chi connectivity index (χ2v) is 4.68. The van der Waals surface area contributed by atoms with Gasteiger partial charge in [-0.2, -0.15) is 0 Å². The third kappa shape index (κ3) is 4.66. The minimum absolute atomic E-state index is 0.369. The van der Waals surface area contributed by atoms with Crippen LogP contribution in [-0.2, 0) is 4.74 Å². The van der Waals surface area contributed by atoms with E-state index in [-0.39, 0.29) is 0 Å². The zero-order valence-corrected chi connectivity index (χ0v) is 11.7. The van der Waals surface area contributed by atoms with Crippen molar-refractivity contribution in [3.8, 4) is 0 Å². The largest absolute Gasteiger partial charge is 0.385 e. The summed E-state index contributed by atoms with van der Waals surface area (Å²) in [6.07, 6.45) is 2.13. The number of rotatable bonds is 7. The average Bonchev–Trinajstić information content (AvgIpc) is 2.32. The van der Waals surface area contributed by atoms with Crippen LogP contribution in [0.2, 0.25) is 5.02 Å². The van der Waals surface area contributed by atoms with Gasteiger partial charge in [0.2, 0.25) is 0 Å². The smallest absolute Gasteiger partial charge is 0.0462 e. The van der Waals surface area contributed by atoms with Crippen molar-refractivity contribution >= 4 is 11.6 Å². The van der Waals surface area contributed by atoms with Gasteiger partial charge in [0.05, 0.1) is 0 Å². The fourth-order valence-corrected chi connectivity index (χ4v) is 2.21. The SMILES string of the molecule is CCNC(CCCOC)c1cc(Cl)ccc1C. The van der Waals surface area contributed by atoms with E-state index in [0.29, 0.717) is 6.04 Å². The second-order valence-electron chi connectivity index (χ2n) is 4.25. The summed E-state index contributed by atoms with van der Waals surface area (Å²) in [5.74, 6) is 0. The number of methoxy groups -OCH3 is 1. The van der Waals surface area contributed by atoms with Crippen molar-refractivity contribution < 1.29 is 4.74 Å². The van der Waals surface area contributed by atoms with Crippen LogP contribution in [0.25, 0.3) is 0 Å². The number of nitrogens with one attached hydrogen (secondary N) is 1. The monoisotopic (exact) mass is 255 g/mol. The van der Waals surface area contributed by atoms with E-state index in [1.807, 2.05) is 6.07 Å². The standard InChI is InChI=1S/C14H22ClNO/c1-4-16-14(6-5-9-17-3)13-10-12(15)8-7-11(13)2/h7-8,10,14,16H,4-6,9H2,1-3H3. The van der Waals surface area contributed by atoms with Gasteiger partial charge < -0.3 is 10.1 Å². The lowest BCUT2D eigenvalue weighted by molar-refractivity contribution is 0.189. The van der Waals surface area contributed by atoms with Crippen molar-refractivity contribution in [2.75, 3.05) is 20.3 Å². The first kappa shape index (κ1) is 14.5. The van der Waals surface area contributed by atoms with Crippen molar-refractivity contribution in [1.82, 2.24) is 5.32 Å². The quantitative estimate of drug-likeness (QED) is 0.750. The maximum atomic E-state index is 6.07. The van der Waals surface area contributed by atoms with E-state index in [9.17, 15) is 0 Å². The number of benzene rings is 1. The maximum absolute atomic E-state index is 6.07.